The number of rotatable bonds is 5. The van der Waals surface area contributed by atoms with E-state index in [0.717, 1.165) is 6.07 Å². The Hall–Kier alpha value is -3.93. The molecule has 3 aromatic carbocycles. The van der Waals surface area contributed by atoms with E-state index in [9.17, 15) is 29.7 Å². The lowest BCUT2D eigenvalue weighted by atomic mass is 9.90. The van der Waals surface area contributed by atoms with Crippen LogP contribution in [0.4, 0.5) is 0 Å². The van der Waals surface area contributed by atoms with Gasteiger partial charge in [0.25, 0.3) is 0 Å². The standard InChI is InChI=1S/C21H14O6/c22-17(12-7-3-1-4-8-12)14-11-15(21(26)27)19(24)20(25)16(14)18(23)13-9-5-2-6-10-13/h1-11,24-25H,(H,26,27). The van der Waals surface area contributed by atoms with Crippen LogP contribution in [0.25, 0.3) is 0 Å². The first-order valence-corrected chi connectivity index (χ1v) is 7.93. The summed E-state index contributed by atoms with van der Waals surface area (Å²) in [5, 5.41) is 29.6. The zero-order valence-corrected chi connectivity index (χ0v) is 13.9. The fourth-order valence-corrected chi connectivity index (χ4v) is 2.71. The van der Waals surface area contributed by atoms with Crippen LogP contribution in [-0.4, -0.2) is 32.9 Å². The van der Waals surface area contributed by atoms with Gasteiger partial charge in [-0.15, -0.1) is 0 Å². The molecule has 6 nitrogen and oxygen atoms in total. The number of aromatic carboxylic acids is 1. The highest BCUT2D eigenvalue weighted by Gasteiger charge is 2.29. The number of hydrogen-bond donors (Lipinski definition) is 3. The Labute approximate surface area is 154 Å². The van der Waals surface area contributed by atoms with Crippen molar-refractivity contribution in [1.29, 1.82) is 0 Å². The van der Waals surface area contributed by atoms with Crippen LogP contribution in [0, 0.1) is 0 Å². The summed E-state index contributed by atoms with van der Waals surface area (Å²) < 4.78 is 0. The maximum absolute atomic E-state index is 12.9. The van der Waals surface area contributed by atoms with E-state index in [1.54, 1.807) is 36.4 Å². The van der Waals surface area contributed by atoms with E-state index in [4.69, 9.17) is 0 Å². The number of carboxylic acids is 1. The van der Waals surface area contributed by atoms with E-state index < -0.39 is 40.2 Å². The van der Waals surface area contributed by atoms with Crippen molar-refractivity contribution >= 4 is 17.5 Å². The van der Waals surface area contributed by atoms with Crippen LogP contribution in [0.15, 0.2) is 66.7 Å². The van der Waals surface area contributed by atoms with Crippen LogP contribution in [0.3, 0.4) is 0 Å². The van der Waals surface area contributed by atoms with E-state index in [1.165, 1.54) is 24.3 Å². The average Bonchev–Trinajstić information content (AvgIpc) is 2.70. The first-order valence-electron chi connectivity index (χ1n) is 7.93. The minimum absolute atomic E-state index is 0.178. The van der Waals surface area contributed by atoms with Crippen molar-refractivity contribution in [2.24, 2.45) is 0 Å². The van der Waals surface area contributed by atoms with Crippen LogP contribution in [0.2, 0.25) is 0 Å². The molecule has 0 heterocycles. The van der Waals surface area contributed by atoms with Gasteiger partial charge < -0.3 is 15.3 Å². The quantitative estimate of drug-likeness (QED) is 0.474. The number of carboxylic acid groups (broad SMARTS) is 1. The van der Waals surface area contributed by atoms with Gasteiger partial charge in [0.2, 0.25) is 0 Å². The minimum Gasteiger partial charge on any atom is -0.504 e. The Morgan fingerprint density at radius 3 is 1.59 bits per heavy atom. The normalized spacial score (nSPS) is 10.4. The lowest BCUT2D eigenvalue weighted by molar-refractivity contribution is 0.0692. The number of phenolic OH excluding ortho intramolecular Hbond substituents is 1. The van der Waals surface area contributed by atoms with Crippen LogP contribution >= 0.6 is 0 Å². The number of aromatic hydroxyl groups is 2. The summed E-state index contributed by atoms with van der Waals surface area (Å²) in [5.41, 5.74) is -1.03. The second-order valence-corrected chi connectivity index (χ2v) is 5.74. The molecule has 0 spiro atoms. The molecule has 0 fully saturated rings. The van der Waals surface area contributed by atoms with Crippen molar-refractivity contribution in [2.75, 3.05) is 0 Å². The van der Waals surface area contributed by atoms with Gasteiger partial charge in [-0.05, 0) is 6.07 Å². The Balaban J connectivity index is 2.28. The van der Waals surface area contributed by atoms with Crippen molar-refractivity contribution in [2.45, 2.75) is 0 Å². The van der Waals surface area contributed by atoms with Gasteiger partial charge in [-0.2, -0.15) is 0 Å². The molecule has 3 aromatic rings. The average molecular weight is 362 g/mol. The highest BCUT2D eigenvalue weighted by molar-refractivity contribution is 6.22. The monoisotopic (exact) mass is 362 g/mol. The molecule has 0 saturated heterocycles. The first-order chi connectivity index (χ1) is 12.9. The number of carbonyl (C=O) groups excluding carboxylic acids is 2. The Morgan fingerprint density at radius 2 is 1.11 bits per heavy atom. The second kappa shape index (κ2) is 7.13. The molecule has 27 heavy (non-hydrogen) atoms. The summed E-state index contributed by atoms with van der Waals surface area (Å²) >= 11 is 0. The lowest BCUT2D eigenvalue weighted by Gasteiger charge is -2.13. The third-order valence-electron chi connectivity index (χ3n) is 4.05. The summed E-state index contributed by atoms with van der Waals surface area (Å²) in [6.07, 6.45) is 0. The van der Waals surface area contributed by atoms with Gasteiger partial charge in [0.05, 0.1) is 5.56 Å². The van der Waals surface area contributed by atoms with Crippen LogP contribution < -0.4 is 0 Å². The second-order valence-electron chi connectivity index (χ2n) is 5.74. The topological polar surface area (TPSA) is 112 Å². The number of hydrogen-bond acceptors (Lipinski definition) is 5. The molecule has 134 valence electrons. The smallest absolute Gasteiger partial charge is 0.339 e. The molecule has 0 radical (unpaired) electrons. The van der Waals surface area contributed by atoms with Crippen molar-refractivity contribution in [3.8, 4) is 11.5 Å². The van der Waals surface area contributed by atoms with Crippen molar-refractivity contribution in [3.63, 3.8) is 0 Å². The zero-order chi connectivity index (χ0) is 19.6. The Morgan fingerprint density at radius 1 is 0.630 bits per heavy atom. The van der Waals surface area contributed by atoms with E-state index in [2.05, 4.69) is 0 Å². The predicted octanol–water partition coefficient (Wildman–Crippen LogP) is 3.26. The largest absolute Gasteiger partial charge is 0.504 e. The van der Waals surface area contributed by atoms with Gasteiger partial charge >= 0.3 is 5.97 Å². The maximum Gasteiger partial charge on any atom is 0.339 e. The molecular formula is C21H14O6. The van der Waals surface area contributed by atoms with E-state index in [1.807, 2.05) is 0 Å². The van der Waals surface area contributed by atoms with Crippen LogP contribution in [0.5, 0.6) is 11.5 Å². The highest BCUT2D eigenvalue weighted by atomic mass is 16.4. The van der Waals surface area contributed by atoms with E-state index >= 15 is 0 Å². The summed E-state index contributed by atoms with van der Waals surface area (Å²) in [6.45, 7) is 0. The lowest BCUT2D eigenvalue weighted by Crippen LogP contribution is -2.14. The molecule has 0 aliphatic carbocycles. The number of carbonyl (C=O) groups is 3. The molecule has 3 rings (SSSR count). The fraction of sp³-hybridized carbons (Fsp3) is 0. The minimum atomic E-state index is -1.54. The molecule has 0 saturated carbocycles. The number of benzene rings is 3. The van der Waals surface area contributed by atoms with Gasteiger partial charge in [0.15, 0.2) is 23.1 Å². The Bertz CT molecular complexity index is 1040. The first kappa shape index (κ1) is 17.9. The number of ketones is 2. The molecule has 0 aromatic heterocycles. The molecule has 0 atom stereocenters. The molecule has 0 bridgehead atoms. The van der Waals surface area contributed by atoms with Crippen LogP contribution in [0.1, 0.15) is 42.2 Å². The van der Waals surface area contributed by atoms with Gasteiger partial charge in [0.1, 0.15) is 5.56 Å². The molecule has 0 aliphatic rings. The van der Waals surface area contributed by atoms with Crippen molar-refractivity contribution in [3.05, 3.63) is 94.5 Å². The number of phenols is 2. The van der Waals surface area contributed by atoms with Crippen LogP contribution in [-0.2, 0) is 0 Å². The summed E-state index contributed by atoms with van der Waals surface area (Å²) in [7, 11) is 0. The molecule has 0 aliphatic heterocycles. The molecule has 0 amide bonds. The maximum atomic E-state index is 12.9. The SMILES string of the molecule is O=C(O)c1cc(C(=O)c2ccccc2)c(C(=O)c2ccccc2)c(O)c1O. The van der Waals surface area contributed by atoms with Gasteiger partial charge in [-0.25, -0.2) is 4.79 Å². The summed E-state index contributed by atoms with van der Waals surface area (Å²) in [5.74, 6) is -4.80. The molecule has 6 heteroatoms. The molecular weight excluding hydrogens is 348 g/mol. The van der Waals surface area contributed by atoms with Gasteiger partial charge in [-0.3, -0.25) is 9.59 Å². The van der Waals surface area contributed by atoms with E-state index in [0.29, 0.717) is 0 Å². The molecule has 0 unspecified atom stereocenters. The third kappa shape index (κ3) is 3.28. The highest BCUT2D eigenvalue weighted by Crippen LogP contribution is 2.37. The van der Waals surface area contributed by atoms with Crippen molar-refractivity contribution < 1.29 is 29.7 Å². The third-order valence-corrected chi connectivity index (χ3v) is 4.05. The summed E-state index contributed by atoms with van der Waals surface area (Å²) in [6, 6.07) is 16.7. The summed E-state index contributed by atoms with van der Waals surface area (Å²) in [4.78, 5) is 37.2. The predicted molar refractivity (Wildman–Crippen MR) is 96.5 cm³/mol. The van der Waals surface area contributed by atoms with E-state index in [-0.39, 0.29) is 16.7 Å². The van der Waals surface area contributed by atoms with Gasteiger partial charge in [-0.1, -0.05) is 60.7 Å². The fourth-order valence-electron chi connectivity index (χ4n) is 2.71. The van der Waals surface area contributed by atoms with Crippen molar-refractivity contribution in [1.82, 2.24) is 0 Å². The zero-order valence-electron chi connectivity index (χ0n) is 13.9. The van der Waals surface area contributed by atoms with Gasteiger partial charge in [0, 0.05) is 16.7 Å². The Kier molecular flexibility index (Phi) is 4.72. The molecule has 3 N–H and O–H groups in total.